The third-order valence-electron chi connectivity index (χ3n) is 6.12. The number of carbonyl (C=O) groups excluding carboxylic acids is 3. The summed E-state index contributed by atoms with van der Waals surface area (Å²) in [7, 11) is 0. The quantitative estimate of drug-likeness (QED) is 0.369. The zero-order valence-electron chi connectivity index (χ0n) is 19.9. The summed E-state index contributed by atoms with van der Waals surface area (Å²) in [5, 5.41) is 16.1. The van der Waals surface area contributed by atoms with E-state index in [-0.39, 0.29) is 36.9 Å². The van der Waals surface area contributed by atoms with Crippen molar-refractivity contribution < 1.29 is 28.4 Å². The normalized spacial score (nSPS) is 19.4. The number of non-ortho nitro benzene ring substituents is 1. The van der Waals surface area contributed by atoms with Crippen molar-refractivity contribution in [2.24, 2.45) is 5.73 Å². The molecule has 0 radical (unpaired) electrons. The average Bonchev–Trinajstić information content (AvgIpc) is 3.23. The lowest BCUT2D eigenvalue weighted by atomic mass is 10.1. The molecule has 2 aliphatic rings. The highest BCUT2D eigenvalue weighted by molar-refractivity contribution is 5.90. The fourth-order valence-corrected chi connectivity index (χ4v) is 4.37. The van der Waals surface area contributed by atoms with Gasteiger partial charge in [0.2, 0.25) is 5.91 Å². The highest BCUT2D eigenvalue weighted by Crippen LogP contribution is 2.31. The summed E-state index contributed by atoms with van der Waals surface area (Å²) < 4.78 is 20.6. The lowest BCUT2D eigenvalue weighted by molar-refractivity contribution is -0.384. The number of nitrogens with zero attached hydrogens (tertiary/aromatic N) is 4. The topological polar surface area (TPSA) is 163 Å². The molecule has 0 aromatic heterocycles. The van der Waals surface area contributed by atoms with Gasteiger partial charge in [0.15, 0.2) is 0 Å². The summed E-state index contributed by atoms with van der Waals surface area (Å²) in [5.74, 6) is -0.867. The van der Waals surface area contributed by atoms with Gasteiger partial charge >= 0.3 is 12.1 Å². The highest BCUT2D eigenvalue weighted by Gasteiger charge is 2.34. The number of amides is 4. The molecule has 2 unspecified atom stereocenters. The van der Waals surface area contributed by atoms with Crippen molar-refractivity contribution >= 4 is 40.8 Å². The monoisotopic (exact) mass is 515 g/mol. The van der Waals surface area contributed by atoms with Gasteiger partial charge in [-0.15, -0.1) is 0 Å². The Bertz CT molecular complexity index is 1210. The van der Waals surface area contributed by atoms with Crippen LogP contribution in [0.1, 0.15) is 6.92 Å². The molecule has 2 heterocycles. The van der Waals surface area contributed by atoms with Crippen LogP contribution >= 0.6 is 0 Å². The maximum atomic E-state index is 15.3. The number of ether oxygens (including phenoxy) is 1. The van der Waals surface area contributed by atoms with E-state index in [1.165, 1.54) is 36.1 Å². The molecule has 0 spiro atoms. The van der Waals surface area contributed by atoms with E-state index >= 15 is 4.39 Å². The Morgan fingerprint density at radius 3 is 2.49 bits per heavy atom. The third-order valence-corrected chi connectivity index (χ3v) is 6.12. The summed E-state index contributed by atoms with van der Waals surface area (Å²) in [5.41, 5.74) is 6.53. The molecule has 2 aliphatic heterocycles. The lowest BCUT2D eigenvalue weighted by Crippen LogP contribution is -2.61. The van der Waals surface area contributed by atoms with Crippen LogP contribution in [0.4, 0.5) is 36.7 Å². The molecule has 4 rings (SSSR count). The molecule has 0 saturated carbocycles. The summed E-state index contributed by atoms with van der Waals surface area (Å²) in [6.45, 7) is 2.65. The molecule has 2 atom stereocenters. The standard InChI is InChI=1S/C23H26FN7O6/c1-14(32)26-11-18-12-30(23(34)37-18)17-6-7-20(19(24)10-17)29-9-8-28(13-21(29)27-22(25)33)15-2-4-16(5-3-15)31(35)36/h2-7,10,18,21H,8-9,11-13H2,1H3,(H,26,32)(H3,25,27,33). The van der Waals surface area contributed by atoms with E-state index in [1.807, 2.05) is 4.90 Å². The van der Waals surface area contributed by atoms with Crippen LogP contribution in [-0.4, -0.2) is 67.9 Å². The molecule has 14 heteroatoms. The van der Waals surface area contributed by atoms with Crippen LogP contribution in [-0.2, 0) is 9.53 Å². The first-order valence-corrected chi connectivity index (χ1v) is 11.5. The Balaban J connectivity index is 1.50. The molecule has 4 amide bonds. The summed E-state index contributed by atoms with van der Waals surface area (Å²) in [6.07, 6.45) is -1.90. The second kappa shape index (κ2) is 10.6. The van der Waals surface area contributed by atoms with Crippen LogP contribution in [0, 0.1) is 15.9 Å². The van der Waals surface area contributed by atoms with Crippen LogP contribution in [0.2, 0.25) is 0 Å². The molecule has 2 aromatic carbocycles. The average molecular weight is 516 g/mol. The van der Waals surface area contributed by atoms with Crippen LogP contribution in [0.25, 0.3) is 0 Å². The van der Waals surface area contributed by atoms with Crippen molar-refractivity contribution in [1.29, 1.82) is 0 Å². The molecule has 0 bridgehead atoms. The molecular formula is C23H26FN7O6. The number of hydrogen-bond acceptors (Lipinski definition) is 8. The number of anilines is 3. The van der Waals surface area contributed by atoms with Gasteiger partial charge in [0, 0.05) is 37.8 Å². The smallest absolute Gasteiger partial charge is 0.414 e. The minimum Gasteiger partial charge on any atom is -0.442 e. The number of carbonyl (C=O) groups is 3. The van der Waals surface area contributed by atoms with Crippen LogP contribution in [0.3, 0.4) is 0 Å². The van der Waals surface area contributed by atoms with Gasteiger partial charge in [-0.3, -0.25) is 19.8 Å². The number of urea groups is 1. The number of hydrogen-bond donors (Lipinski definition) is 3. The molecule has 196 valence electrons. The molecule has 4 N–H and O–H groups in total. The third kappa shape index (κ3) is 5.79. The molecular weight excluding hydrogens is 489 g/mol. The van der Waals surface area contributed by atoms with Gasteiger partial charge in [-0.05, 0) is 30.3 Å². The fourth-order valence-electron chi connectivity index (χ4n) is 4.37. The zero-order valence-corrected chi connectivity index (χ0v) is 19.9. The number of halogens is 1. The molecule has 37 heavy (non-hydrogen) atoms. The number of nitrogens with two attached hydrogens (primary N) is 1. The van der Waals surface area contributed by atoms with Crippen LogP contribution in [0.5, 0.6) is 0 Å². The van der Waals surface area contributed by atoms with E-state index in [0.717, 1.165) is 0 Å². The second-order valence-corrected chi connectivity index (χ2v) is 8.63. The Hall–Kier alpha value is -4.62. The maximum absolute atomic E-state index is 15.3. The fraction of sp³-hybridized carbons (Fsp3) is 0.348. The van der Waals surface area contributed by atoms with Gasteiger partial charge < -0.3 is 30.9 Å². The zero-order chi connectivity index (χ0) is 26.7. The number of cyclic esters (lactones) is 1. The van der Waals surface area contributed by atoms with E-state index in [4.69, 9.17) is 10.5 Å². The summed E-state index contributed by atoms with van der Waals surface area (Å²) in [4.78, 5) is 50.4. The largest absolute Gasteiger partial charge is 0.442 e. The summed E-state index contributed by atoms with van der Waals surface area (Å²) in [6, 6.07) is 9.50. The minimum atomic E-state index is -0.789. The van der Waals surface area contributed by atoms with Gasteiger partial charge in [-0.1, -0.05) is 0 Å². The summed E-state index contributed by atoms with van der Waals surface area (Å²) >= 11 is 0. The van der Waals surface area contributed by atoms with E-state index in [2.05, 4.69) is 10.6 Å². The number of benzene rings is 2. The van der Waals surface area contributed by atoms with Crippen molar-refractivity contribution in [2.75, 3.05) is 47.4 Å². The van der Waals surface area contributed by atoms with Crippen molar-refractivity contribution in [3.8, 4) is 0 Å². The Labute approximate surface area is 211 Å². The molecule has 2 saturated heterocycles. The number of primary amides is 1. The molecule has 13 nitrogen and oxygen atoms in total. The molecule has 2 aromatic rings. The van der Waals surface area contributed by atoms with E-state index < -0.39 is 35.1 Å². The number of piperazine rings is 1. The predicted octanol–water partition coefficient (Wildman–Crippen LogP) is 1.52. The molecule has 0 aliphatic carbocycles. The second-order valence-electron chi connectivity index (χ2n) is 8.63. The number of nitrogens with one attached hydrogen (secondary N) is 2. The first-order chi connectivity index (χ1) is 17.6. The van der Waals surface area contributed by atoms with Crippen molar-refractivity contribution in [2.45, 2.75) is 19.2 Å². The maximum Gasteiger partial charge on any atom is 0.414 e. The predicted molar refractivity (Wildman–Crippen MR) is 132 cm³/mol. The molecule has 2 fully saturated rings. The van der Waals surface area contributed by atoms with Crippen molar-refractivity contribution in [1.82, 2.24) is 10.6 Å². The number of nitro benzene ring substituents is 1. The minimum absolute atomic E-state index is 0.0420. The Morgan fingerprint density at radius 2 is 1.86 bits per heavy atom. The van der Waals surface area contributed by atoms with Crippen molar-refractivity contribution in [3.63, 3.8) is 0 Å². The SMILES string of the molecule is CC(=O)NCC1CN(c2ccc(N3CCN(c4ccc([N+](=O)[O-])cc4)CC3NC(N)=O)c(F)c2)C(=O)O1. The van der Waals surface area contributed by atoms with E-state index in [0.29, 0.717) is 24.5 Å². The lowest BCUT2D eigenvalue weighted by Gasteiger charge is -2.43. The van der Waals surface area contributed by atoms with Gasteiger partial charge in [0.05, 0.1) is 35.9 Å². The van der Waals surface area contributed by atoms with Crippen molar-refractivity contribution in [3.05, 3.63) is 58.4 Å². The van der Waals surface area contributed by atoms with Gasteiger partial charge in [-0.2, -0.15) is 0 Å². The Morgan fingerprint density at radius 1 is 1.16 bits per heavy atom. The highest BCUT2D eigenvalue weighted by atomic mass is 19.1. The van der Waals surface area contributed by atoms with Gasteiger partial charge in [-0.25, -0.2) is 14.0 Å². The van der Waals surface area contributed by atoms with Crippen LogP contribution in [0.15, 0.2) is 42.5 Å². The van der Waals surface area contributed by atoms with Gasteiger partial charge in [0.1, 0.15) is 18.1 Å². The first-order valence-electron chi connectivity index (χ1n) is 11.5. The first kappa shape index (κ1) is 25.5. The van der Waals surface area contributed by atoms with E-state index in [1.54, 1.807) is 23.1 Å². The number of rotatable bonds is 7. The van der Waals surface area contributed by atoms with E-state index in [9.17, 15) is 24.5 Å². The number of nitro groups is 1. The van der Waals surface area contributed by atoms with Crippen LogP contribution < -0.4 is 31.1 Å². The Kier molecular flexibility index (Phi) is 7.27. The van der Waals surface area contributed by atoms with Gasteiger partial charge in [0.25, 0.3) is 5.69 Å².